The number of hydrogen-bond acceptors (Lipinski definition) is 6. The second kappa shape index (κ2) is 4.86. The Kier molecular flexibility index (Phi) is 3.26. The van der Waals surface area contributed by atoms with Crippen molar-refractivity contribution in [2.24, 2.45) is 0 Å². The number of methoxy groups -OCH3 is 1. The molecule has 8 heteroatoms. The van der Waals surface area contributed by atoms with Crippen LogP contribution in [-0.2, 0) is 9.53 Å². The molecule has 2 N–H and O–H groups in total. The van der Waals surface area contributed by atoms with Crippen molar-refractivity contribution < 1.29 is 9.53 Å². The molecule has 0 fully saturated rings. The Morgan fingerprint density at radius 3 is 3.11 bits per heavy atom. The zero-order valence-electron chi connectivity index (χ0n) is 10.1. The van der Waals surface area contributed by atoms with Crippen LogP contribution in [0.1, 0.15) is 12.2 Å². The minimum atomic E-state index is -0.323. The van der Waals surface area contributed by atoms with E-state index in [2.05, 4.69) is 25.2 Å². The summed E-state index contributed by atoms with van der Waals surface area (Å²) in [7, 11) is 1.34. The number of hydrogen-bond donors (Lipinski definition) is 2. The normalized spacial score (nSPS) is 10.6. The SMILES string of the molecule is COC(=O)CCNc1cc2n[nH]c(=O)n2c(C)n1. The van der Waals surface area contributed by atoms with Crippen LogP contribution < -0.4 is 11.0 Å². The van der Waals surface area contributed by atoms with E-state index in [0.717, 1.165) is 0 Å². The third-order valence-corrected chi connectivity index (χ3v) is 2.43. The highest BCUT2D eigenvalue weighted by Crippen LogP contribution is 2.07. The number of aromatic nitrogens is 4. The summed E-state index contributed by atoms with van der Waals surface area (Å²) >= 11 is 0. The number of ether oxygens (including phenoxy) is 1. The topological polar surface area (TPSA) is 101 Å². The van der Waals surface area contributed by atoms with Gasteiger partial charge in [0.05, 0.1) is 13.5 Å². The zero-order chi connectivity index (χ0) is 13.1. The van der Waals surface area contributed by atoms with E-state index in [9.17, 15) is 9.59 Å². The van der Waals surface area contributed by atoms with Crippen molar-refractivity contribution in [3.05, 3.63) is 22.4 Å². The summed E-state index contributed by atoms with van der Waals surface area (Å²) in [5.74, 6) is 0.783. The standard InChI is InChI=1S/C10H13N5O3/c1-6-12-7(11-4-3-9(16)18-2)5-8-13-14-10(17)15(6)8/h5,11H,3-4H2,1-2H3,(H,14,17). The molecule has 8 nitrogen and oxygen atoms in total. The van der Waals surface area contributed by atoms with Gasteiger partial charge in [0.1, 0.15) is 11.6 Å². The lowest BCUT2D eigenvalue weighted by atomic mass is 10.4. The zero-order valence-corrected chi connectivity index (χ0v) is 10.1. The molecule has 0 atom stereocenters. The summed E-state index contributed by atoms with van der Waals surface area (Å²) < 4.78 is 5.89. The average molecular weight is 251 g/mol. The number of fused-ring (bicyclic) bond motifs is 1. The molecular formula is C10H13N5O3. The first-order valence-electron chi connectivity index (χ1n) is 5.37. The molecule has 96 valence electrons. The van der Waals surface area contributed by atoms with E-state index in [4.69, 9.17) is 0 Å². The van der Waals surface area contributed by atoms with E-state index in [0.29, 0.717) is 23.8 Å². The Morgan fingerprint density at radius 1 is 1.61 bits per heavy atom. The number of esters is 1. The second-order valence-electron chi connectivity index (χ2n) is 3.66. The van der Waals surface area contributed by atoms with Crippen molar-refractivity contribution in [1.29, 1.82) is 0 Å². The van der Waals surface area contributed by atoms with Gasteiger partial charge in [0.15, 0.2) is 5.65 Å². The maximum atomic E-state index is 11.4. The van der Waals surface area contributed by atoms with Gasteiger partial charge >= 0.3 is 11.7 Å². The molecule has 18 heavy (non-hydrogen) atoms. The average Bonchev–Trinajstić information content (AvgIpc) is 2.71. The van der Waals surface area contributed by atoms with Crippen molar-refractivity contribution in [3.63, 3.8) is 0 Å². The lowest BCUT2D eigenvalue weighted by Gasteiger charge is -2.06. The van der Waals surface area contributed by atoms with Crippen LogP contribution in [0.5, 0.6) is 0 Å². The molecule has 2 aromatic heterocycles. The predicted molar refractivity (Wildman–Crippen MR) is 63.5 cm³/mol. The maximum Gasteiger partial charge on any atom is 0.349 e. The molecule has 0 radical (unpaired) electrons. The van der Waals surface area contributed by atoms with E-state index in [-0.39, 0.29) is 18.1 Å². The van der Waals surface area contributed by atoms with Crippen LogP contribution >= 0.6 is 0 Å². The molecule has 0 unspecified atom stereocenters. The van der Waals surface area contributed by atoms with Gasteiger partial charge in [-0.25, -0.2) is 19.3 Å². The van der Waals surface area contributed by atoms with Gasteiger partial charge in [-0.05, 0) is 6.92 Å². The first-order chi connectivity index (χ1) is 8.61. The molecule has 2 aromatic rings. The Labute approximate surface area is 102 Å². The Balaban J connectivity index is 2.15. The van der Waals surface area contributed by atoms with Gasteiger partial charge in [0.2, 0.25) is 0 Å². The van der Waals surface area contributed by atoms with Gasteiger partial charge in [-0.15, -0.1) is 0 Å². The van der Waals surface area contributed by atoms with E-state index < -0.39 is 0 Å². The molecule has 0 aliphatic rings. The summed E-state index contributed by atoms with van der Waals surface area (Å²) in [5.41, 5.74) is 0.157. The fourth-order valence-corrected chi connectivity index (χ4v) is 1.58. The molecule has 0 aromatic carbocycles. The number of nitrogens with one attached hydrogen (secondary N) is 2. The molecule has 0 amide bonds. The number of anilines is 1. The molecule has 2 heterocycles. The minimum Gasteiger partial charge on any atom is -0.469 e. The van der Waals surface area contributed by atoms with E-state index in [1.54, 1.807) is 13.0 Å². The summed E-state index contributed by atoms with van der Waals surface area (Å²) in [4.78, 5) is 26.5. The lowest BCUT2D eigenvalue weighted by molar-refractivity contribution is -0.140. The molecule has 0 saturated carbocycles. The Morgan fingerprint density at radius 2 is 2.39 bits per heavy atom. The maximum absolute atomic E-state index is 11.4. The fraction of sp³-hybridized carbons (Fsp3) is 0.400. The smallest absolute Gasteiger partial charge is 0.349 e. The Hall–Kier alpha value is -2.38. The van der Waals surface area contributed by atoms with Gasteiger partial charge in [0, 0.05) is 12.6 Å². The van der Waals surface area contributed by atoms with Gasteiger partial charge in [-0.1, -0.05) is 0 Å². The van der Waals surface area contributed by atoms with Gasteiger partial charge in [-0.2, -0.15) is 5.10 Å². The third kappa shape index (κ3) is 2.31. The highest BCUT2D eigenvalue weighted by molar-refractivity contribution is 5.69. The molecule has 0 aliphatic heterocycles. The highest BCUT2D eigenvalue weighted by Gasteiger charge is 2.07. The van der Waals surface area contributed by atoms with Gasteiger partial charge < -0.3 is 10.1 Å². The van der Waals surface area contributed by atoms with Crippen LogP contribution in [0.15, 0.2) is 10.9 Å². The highest BCUT2D eigenvalue weighted by atomic mass is 16.5. The number of aromatic amines is 1. The molecule has 0 saturated heterocycles. The van der Waals surface area contributed by atoms with Crippen molar-refractivity contribution in [2.45, 2.75) is 13.3 Å². The summed E-state index contributed by atoms with van der Waals surface area (Å²) in [6.07, 6.45) is 0.246. The van der Waals surface area contributed by atoms with E-state index in [1.165, 1.54) is 11.5 Å². The molecule has 2 rings (SSSR count). The quantitative estimate of drug-likeness (QED) is 0.723. The Bertz CT molecular complexity index is 630. The van der Waals surface area contributed by atoms with E-state index in [1.807, 2.05) is 0 Å². The van der Waals surface area contributed by atoms with Crippen LogP contribution in [0.2, 0.25) is 0 Å². The summed E-state index contributed by atoms with van der Waals surface area (Å²) in [6.45, 7) is 2.11. The van der Waals surface area contributed by atoms with Crippen molar-refractivity contribution in [2.75, 3.05) is 19.0 Å². The largest absolute Gasteiger partial charge is 0.469 e. The molecule has 0 spiro atoms. The second-order valence-corrected chi connectivity index (χ2v) is 3.66. The number of nitrogens with zero attached hydrogens (tertiary/aromatic N) is 3. The van der Waals surface area contributed by atoms with Crippen LogP contribution in [0.3, 0.4) is 0 Å². The third-order valence-electron chi connectivity index (χ3n) is 2.43. The first-order valence-corrected chi connectivity index (χ1v) is 5.37. The van der Waals surface area contributed by atoms with Crippen molar-refractivity contribution in [3.8, 4) is 0 Å². The van der Waals surface area contributed by atoms with Crippen molar-refractivity contribution >= 4 is 17.4 Å². The molecule has 0 bridgehead atoms. The van der Waals surface area contributed by atoms with Crippen LogP contribution in [0.25, 0.3) is 5.65 Å². The first kappa shape index (κ1) is 12.1. The van der Waals surface area contributed by atoms with Gasteiger partial charge in [0.25, 0.3) is 0 Å². The number of rotatable bonds is 4. The van der Waals surface area contributed by atoms with Crippen molar-refractivity contribution in [1.82, 2.24) is 19.6 Å². The number of carbonyl (C=O) groups is 1. The van der Waals surface area contributed by atoms with Crippen LogP contribution in [-0.4, -0.2) is 39.2 Å². The molecular weight excluding hydrogens is 238 g/mol. The monoisotopic (exact) mass is 251 g/mol. The summed E-state index contributed by atoms with van der Waals surface area (Å²) in [5, 5.41) is 9.17. The summed E-state index contributed by atoms with van der Waals surface area (Å²) in [6, 6.07) is 1.63. The number of carbonyl (C=O) groups excluding carboxylic acids is 1. The van der Waals surface area contributed by atoms with Crippen LogP contribution in [0.4, 0.5) is 5.82 Å². The molecule has 0 aliphatic carbocycles. The predicted octanol–water partition coefficient (Wildman–Crippen LogP) is -0.299. The van der Waals surface area contributed by atoms with Gasteiger partial charge in [-0.3, -0.25) is 4.79 Å². The lowest BCUT2D eigenvalue weighted by Crippen LogP contribution is -2.15. The minimum absolute atomic E-state index is 0.246. The van der Waals surface area contributed by atoms with Crippen LogP contribution in [0, 0.1) is 6.92 Å². The number of H-pyrrole nitrogens is 1. The van der Waals surface area contributed by atoms with E-state index >= 15 is 0 Å². The number of aryl methyl sites for hydroxylation is 1. The fourth-order valence-electron chi connectivity index (χ4n) is 1.58.